The Kier molecular flexibility index (Phi) is 5.03. The van der Waals surface area contributed by atoms with E-state index in [9.17, 15) is 4.39 Å². The molecule has 0 atom stereocenters. The molecule has 1 aromatic carbocycles. The van der Waals surface area contributed by atoms with Crippen molar-refractivity contribution in [2.75, 3.05) is 6.54 Å². The lowest BCUT2D eigenvalue weighted by Crippen LogP contribution is -2.45. The summed E-state index contributed by atoms with van der Waals surface area (Å²) in [6.07, 6.45) is 0. The summed E-state index contributed by atoms with van der Waals surface area (Å²) in [5.41, 5.74) is 6.25. The van der Waals surface area contributed by atoms with Crippen molar-refractivity contribution >= 4 is 17.6 Å². The summed E-state index contributed by atoms with van der Waals surface area (Å²) in [6.45, 7) is 10.5. The molecule has 0 unspecified atom stereocenters. The molecule has 0 amide bonds. The zero-order valence-corrected chi connectivity index (χ0v) is 13.5. The molecule has 0 aliphatic heterocycles. The number of benzene rings is 1. The maximum atomic E-state index is 13.1. The minimum Gasteiger partial charge on any atom is -0.370 e. The van der Waals surface area contributed by atoms with Gasteiger partial charge in [-0.15, -0.1) is 0 Å². The third-order valence-electron chi connectivity index (χ3n) is 2.81. The van der Waals surface area contributed by atoms with Crippen LogP contribution in [0.4, 0.5) is 4.39 Å². The van der Waals surface area contributed by atoms with Crippen molar-refractivity contribution in [3.05, 3.63) is 34.6 Å². The zero-order valence-electron chi connectivity index (χ0n) is 12.7. The van der Waals surface area contributed by atoms with Crippen LogP contribution < -0.4 is 11.1 Å². The predicted octanol–water partition coefficient (Wildman–Crippen LogP) is 3.46. The van der Waals surface area contributed by atoms with Gasteiger partial charge >= 0.3 is 0 Å². The van der Waals surface area contributed by atoms with E-state index in [2.05, 4.69) is 10.3 Å². The Hall–Kier alpha value is -1.29. The largest absolute Gasteiger partial charge is 0.370 e. The quantitative estimate of drug-likeness (QED) is 0.663. The standard InChI is InChI=1S/C15H23ClFN3/c1-14(2,3)20-13(18)19-9-15(4,5)11-7-6-10(17)8-12(11)16/h6-8H,9H2,1-5H3,(H3,18,19,20). The second-order valence-electron chi connectivity index (χ2n) is 6.58. The molecule has 112 valence electrons. The summed E-state index contributed by atoms with van der Waals surface area (Å²) in [7, 11) is 0. The number of hydrogen-bond acceptors (Lipinski definition) is 1. The first-order chi connectivity index (χ1) is 9.01. The van der Waals surface area contributed by atoms with Gasteiger partial charge in [0.1, 0.15) is 5.82 Å². The molecule has 0 radical (unpaired) electrons. The minimum atomic E-state index is -0.341. The van der Waals surface area contributed by atoms with E-state index < -0.39 is 0 Å². The maximum absolute atomic E-state index is 13.1. The Morgan fingerprint density at radius 1 is 1.30 bits per heavy atom. The SMILES string of the molecule is CC(C)(C)NC(N)=NCC(C)(C)c1ccc(F)cc1Cl. The molecule has 0 fully saturated rings. The fourth-order valence-electron chi connectivity index (χ4n) is 1.83. The van der Waals surface area contributed by atoms with E-state index in [0.29, 0.717) is 17.5 Å². The maximum Gasteiger partial charge on any atom is 0.189 e. The topological polar surface area (TPSA) is 50.4 Å². The van der Waals surface area contributed by atoms with Crippen LogP contribution in [0.5, 0.6) is 0 Å². The monoisotopic (exact) mass is 299 g/mol. The summed E-state index contributed by atoms with van der Waals surface area (Å²) < 4.78 is 13.1. The highest BCUT2D eigenvalue weighted by molar-refractivity contribution is 6.31. The Bertz CT molecular complexity index is 504. The van der Waals surface area contributed by atoms with Gasteiger partial charge in [-0.1, -0.05) is 31.5 Å². The fraction of sp³-hybridized carbons (Fsp3) is 0.533. The van der Waals surface area contributed by atoms with Crippen molar-refractivity contribution in [2.24, 2.45) is 10.7 Å². The second kappa shape index (κ2) is 6.00. The van der Waals surface area contributed by atoms with Crippen LogP contribution in [-0.4, -0.2) is 18.0 Å². The van der Waals surface area contributed by atoms with Gasteiger partial charge in [-0.3, -0.25) is 4.99 Å². The van der Waals surface area contributed by atoms with Gasteiger partial charge in [-0.05, 0) is 38.5 Å². The fourth-order valence-corrected chi connectivity index (χ4v) is 2.25. The molecule has 0 bridgehead atoms. The van der Waals surface area contributed by atoms with Crippen LogP contribution in [0.15, 0.2) is 23.2 Å². The average Bonchev–Trinajstić information content (AvgIpc) is 2.23. The van der Waals surface area contributed by atoms with Crippen LogP contribution >= 0.6 is 11.6 Å². The summed E-state index contributed by atoms with van der Waals surface area (Å²) in [5, 5.41) is 3.51. The Balaban J connectivity index is 2.87. The van der Waals surface area contributed by atoms with Crippen LogP contribution in [-0.2, 0) is 5.41 Å². The summed E-state index contributed by atoms with van der Waals surface area (Å²) in [5.74, 6) is 0.0516. The number of aliphatic imine (C=N–C) groups is 1. The van der Waals surface area contributed by atoms with Gasteiger partial charge in [0, 0.05) is 16.0 Å². The number of nitrogens with zero attached hydrogens (tertiary/aromatic N) is 1. The predicted molar refractivity (Wildman–Crippen MR) is 83.8 cm³/mol. The van der Waals surface area contributed by atoms with Crippen molar-refractivity contribution in [2.45, 2.75) is 45.6 Å². The molecule has 0 aliphatic carbocycles. The molecule has 3 N–H and O–H groups in total. The number of nitrogens with one attached hydrogen (secondary N) is 1. The van der Waals surface area contributed by atoms with Crippen molar-refractivity contribution in [3.63, 3.8) is 0 Å². The normalized spacial score (nSPS) is 13.4. The van der Waals surface area contributed by atoms with Gasteiger partial charge in [-0.25, -0.2) is 4.39 Å². The van der Waals surface area contributed by atoms with Crippen molar-refractivity contribution in [3.8, 4) is 0 Å². The van der Waals surface area contributed by atoms with E-state index in [1.165, 1.54) is 12.1 Å². The molecule has 0 saturated heterocycles. The van der Waals surface area contributed by atoms with Crippen LogP contribution in [0.1, 0.15) is 40.2 Å². The molecule has 1 aromatic rings. The van der Waals surface area contributed by atoms with Crippen LogP contribution in [0, 0.1) is 5.82 Å². The number of guanidine groups is 1. The zero-order chi connectivity index (χ0) is 15.6. The van der Waals surface area contributed by atoms with E-state index in [1.54, 1.807) is 6.07 Å². The first-order valence-corrected chi connectivity index (χ1v) is 6.93. The minimum absolute atomic E-state index is 0.134. The Labute approximate surface area is 125 Å². The van der Waals surface area contributed by atoms with Crippen molar-refractivity contribution < 1.29 is 4.39 Å². The lowest BCUT2D eigenvalue weighted by atomic mass is 9.84. The average molecular weight is 300 g/mol. The van der Waals surface area contributed by atoms with Gasteiger partial charge in [0.05, 0.1) is 6.54 Å². The highest BCUT2D eigenvalue weighted by Crippen LogP contribution is 2.30. The molecule has 1 rings (SSSR count). The van der Waals surface area contributed by atoms with Crippen molar-refractivity contribution in [1.29, 1.82) is 0 Å². The summed E-state index contributed by atoms with van der Waals surface area (Å²) in [6, 6.07) is 4.42. The number of nitrogens with two attached hydrogens (primary N) is 1. The molecule has 5 heteroatoms. The lowest BCUT2D eigenvalue weighted by Gasteiger charge is -2.26. The highest BCUT2D eigenvalue weighted by Gasteiger charge is 2.23. The van der Waals surface area contributed by atoms with Crippen LogP contribution in [0.3, 0.4) is 0 Å². The van der Waals surface area contributed by atoms with Gasteiger partial charge in [0.2, 0.25) is 0 Å². The number of halogens is 2. The molecule has 0 aromatic heterocycles. The van der Waals surface area contributed by atoms with Gasteiger partial charge in [0.15, 0.2) is 5.96 Å². The lowest BCUT2D eigenvalue weighted by molar-refractivity contribution is 0.500. The van der Waals surface area contributed by atoms with Gasteiger partial charge < -0.3 is 11.1 Å². The molecule has 0 heterocycles. The Morgan fingerprint density at radius 2 is 1.90 bits per heavy atom. The third-order valence-corrected chi connectivity index (χ3v) is 3.12. The van der Waals surface area contributed by atoms with E-state index in [-0.39, 0.29) is 16.8 Å². The molecular formula is C15H23ClFN3. The number of hydrogen-bond donors (Lipinski definition) is 2. The van der Waals surface area contributed by atoms with Gasteiger partial charge in [-0.2, -0.15) is 0 Å². The first-order valence-electron chi connectivity index (χ1n) is 6.55. The molecule has 3 nitrogen and oxygen atoms in total. The van der Waals surface area contributed by atoms with E-state index in [1.807, 2.05) is 34.6 Å². The van der Waals surface area contributed by atoms with E-state index >= 15 is 0 Å². The molecule has 0 saturated carbocycles. The molecular weight excluding hydrogens is 277 g/mol. The molecule has 0 aliphatic rings. The second-order valence-corrected chi connectivity index (χ2v) is 6.99. The Morgan fingerprint density at radius 3 is 2.40 bits per heavy atom. The molecule has 0 spiro atoms. The van der Waals surface area contributed by atoms with E-state index in [0.717, 1.165) is 5.56 Å². The van der Waals surface area contributed by atoms with Gasteiger partial charge in [0.25, 0.3) is 0 Å². The van der Waals surface area contributed by atoms with Crippen LogP contribution in [0.2, 0.25) is 5.02 Å². The molecule has 20 heavy (non-hydrogen) atoms. The number of rotatable bonds is 3. The van der Waals surface area contributed by atoms with E-state index in [4.69, 9.17) is 17.3 Å². The first kappa shape index (κ1) is 16.8. The van der Waals surface area contributed by atoms with Crippen molar-refractivity contribution in [1.82, 2.24) is 5.32 Å². The third kappa shape index (κ3) is 5.00. The summed E-state index contributed by atoms with van der Waals surface area (Å²) in [4.78, 5) is 4.35. The smallest absolute Gasteiger partial charge is 0.189 e. The van der Waals surface area contributed by atoms with Crippen LogP contribution in [0.25, 0.3) is 0 Å². The summed E-state index contributed by atoms with van der Waals surface area (Å²) >= 11 is 6.10. The highest BCUT2D eigenvalue weighted by atomic mass is 35.5.